The van der Waals surface area contributed by atoms with Gasteiger partial charge in [-0.15, -0.1) is 12.4 Å². The molecule has 0 aliphatic carbocycles. The molecule has 0 unspecified atom stereocenters. The Hall–Kier alpha value is -1.68. The van der Waals surface area contributed by atoms with Crippen molar-refractivity contribution in [2.75, 3.05) is 19.9 Å². The van der Waals surface area contributed by atoms with Gasteiger partial charge in [0.2, 0.25) is 6.79 Å². The maximum atomic E-state index is 12.3. The van der Waals surface area contributed by atoms with E-state index in [1.807, 2.05) is 24.3 Å². The summed E-state index contributed by atoms with van der Waals surface area (Å²) in [5.74, 6) is 2.08. The molecule has 0 saturated carbocycles. The van der Waals surface area contributed by atoms with Crippen LogP contribution in [0, 0.1) is 5.92 Å². The average Bonchev–Trinajstić information content (AvgIpc) is 2.91. The van der Waals surface area contributed by atoms with Crippen molar-refractivity contribution in [3.63, 3.8) is 0 Å². The second-order valence-corrected chi connectivity index (χ2v) is 5.27. The van der Waals surface area contributed by atoms with E-state index in [2.05, 4.69) is 4.90 Å². The fraction of sp³-hybridized carbons (Fsp3) is 0.400. The molecule has 106 valence electrons. The minimum Gasteiger partial charge on any atom is -0.454 e. The second-order valence-electron chi connectivity index (χ2n) is 5.27. The molecule has 5 heteroatoms. The molecule has 5 rings (SSSR count). The molecule has 4 heterocycles. The monoisotopic (exact) mass is 293 g/mol. The normalized spacial score (nSPS) is 22.3. The topological polar surface area (TPSA) is 38.8 Å². The molecule has 1 aromatic carbocycles. The van der Waals surface area contributed by atoms with Gasteiger partial charge in [0.25, 0.3) is 0 Å². The number of benzene rings is 1. The van der Waals surface area contributed by atoms with E-state index in [4.69, 9.17) is 9.47 Å². The van der Waals surface area contributed by atoms with Gasteiger partial charge in [0.05, 0.1) is 5.70 Å². The summed E-state index contributed by atoms with van der Waals surface area (Å²) >= 11 is 0. The van der Waals surface area contributed by atoms with Crippen molar-refractivity contribution in [1.29, 1.82) is 0 Å². The predicted molar refractivity (Wildman–Crippen MR) is 77.1 cm³/mol. The highest BCUT2D eigenvalue weighted by Crippen LogP contribution is 2.35. The second kappa shape index (κ2) is 5.02. The molecule has 4 aliphatic rings. The Labute approximate surface area is 123 Å². The lowest BCUT2D eigenvalue weighted by atomic mass is 9.84. The molecular formula is C15H16ClNO3. The molecular weight excluding hydrogens is 278 g/mol. The predicted octanol–water partition coefficient (Wildman–Crippen LogP) is 2.47. The lowest BCUT2D eigenvalue weighted by molar-refractivity contribution is -0.125. The van der Waals surface area contributed by atoms with Crippen molar-refractivity contribution in [2.24, 2.45) is 5.92 Å². The van der Waals surface area contributed by atoms with Crippen LogP contribution in [0.1, 0.15) is 18.4 Å². The number of allylic oxidation sites excluding steroid dienone is 1. The van der Waals surface area contributed by atoms with Crippen LogP contribution in [-0.4, -0.2) is 30.6 Å². The Morgan fingerprint density at radius 2 is 1.90 bits per heavy atom. The van der Waals surface area contributed by atoms with Gasteiger partial charge in [0, 0.05) is 19.0 Å². The minimum atomic E-state index is 0. The fourth-order valence-corrected chi connectivity index (χ4v) is 3.07. The number of fused-ring (bicyclic) bond motifs is 4. The number of rotatable bonds is 1. The molecule has 2 bridgehead atoms. The summed E-state index contributed by atoms with van der Waals surface area (Å²) in [5, 5.41) is 0. The van der Waals surface area contributed by atoms with Crippen LogP contribution in [0.5, 0.6) is 11.5 Å². The first-order valence-electron chi connectivity index (χ1n) is 6.72. The molecule has 3 fully saturated rings. The molecule has 0 atom stereocenters. The number of ether oxygens (including phenoxy) is 2. The number of Topliss-reactive ketones (excluding diaryl/α,β-unsaturated/α-hetero) is 1. The van der Waals surface area contributed by atoms with E-state index < -0.39 is 0 Å². The maximum absolute atomic E-state index is 12.3. The van der Waals surface area contributed by atoms with E-state index in [0.717, 1.165) is 48.7 Å². The van der Waals surface area contributed by atoms with Gasteiger partial charge in [-0.1, -0.05) is 6.07 Å². The third-order valence-corrected chi connectivity index (χ3v) is 4.16. The van der Waals surface area contributed by atoms with Crippen molar-refractivity contribution >= 4 is 24.3 Å². The van der Waals surface area contributed by atoms with Crippen molar-refractivity contribution in [1.82, 2.24) is 4.90 Å². The fourth-order valence-electron chi connectivity index (χ4n) is 3.07. The molecule has 20 heavy (non-hydrogen) atoms. The Morgan fingerprint density at radius 1 is 1.15 bits per heavy atom. The van der Waals surface area contributed by atoms with Crippen LogP contribution in [0.2, 0.25) is 0 Å². The van der Waals surface area contributed by atoms with E-state index in [1.165, 1.54) is 0 Å². The average molecular weight is 294 g/mol. The molecule has 0 N–H and O–H groups in total. The first kappa shape index (κ1) is 13.3. The van der Waals surface area contributed by atoms with Gasteiger partial charge >= 0.3 is 0 Å². The van der Waals surface area contributed by atoms with Gasteiger partial charge in [-0.05, 0) is 36.6 Å². The molecule has 0 amide bonds. The zero-order chi connectivity index (χ0) is 12.8. The Kier molecular flexibility index (Phi) is 3.34. The molecule has 4 aliphatic heterocycles. The number of carbonyl (C=O) groups is 1. The largest absolute Gasteiger partial charge is 0.454 e. The molecule has 3 saturated heterocycles. The number of ketones is 1. The van der Waals surface area contributed by atoms with Crippen molar-refractivity contribution in [2.45, 2.75) is 12.8 Å². The molecule has 0 radical (unpaired) electrons. The molecule has 0 spiro atoms. The van der Waals surface area contributed by atoms with Gasteiger partial charge in [-0.3, -0.25) is 4.79 Å². The van der Waals surface area contributed by atoms with E-state index >= 15 is 0 Å². The van der Waals surface area contributed by atoms with Crippen LogP contribution < -0.4 is 9.47 Å². The van der Waals surface area contributed by atoms with Crippen molar-refractivity contribution in [3.8, 4) is 11.5 Å². The number of nitrogens with zero attached hydrogens (tertiary/aromatic N) is 1. The Balaban J connectivity index is 0.00000121. The Bertz CT molecular complexity index is 576. The van der Waals surface area contributed by atoms with Crippen LogP contribution in [-0.2, 0) is 4.79 Å². The van der Waals surface area contributed by atoms with Crippen molar-refractivity contribution < 1.29 is 14.3 Å². The number of piperidine rings is 3. The summed E-state index contributed by atoms with van der Waals surface area (Å²) in [5.41, 5.74) is 1.86. The highest BCUT2D eigenvalue weighted by Gasteiger charge is 2.36. The Morgan fingerprint density at radius 3 is 2.65 bits per heavy atom. The highest BCUT2D eigenvalue weighted by atomic mass is 35.5. The number of hydrogen-bond acceptors (Lipinski definition) is 4. The maximum Gasteiger partial charge on any atom is 0.231 e. The van der Waals surface area contributed by atoms with Gasteiger partial charge < -0.3 is 14.4 Å². The standard InChI is InChI=1S/C15H15NO3.ClH/c17-15-11-3-5-16(6-4-11)12(15)7-10-1-2-13-14(8-10)19-9-18-13;/h1-2,7-8,11H,3-6,9H2;1H. The third-order valence-electron chi connectivity index (χ3n) is 4.16. The van der Waals surface area contributed by atoms with Crippen molar-refractivity contribution in [3.05, 3.63) is 29.5 Å². The quantitative estimate of drug-likeness (QED) is 0.746. The number of halogens is 1. The van der Waals surface area contributed by atoms with Crippen LogP contribution in [0.4, 0.5) is 0 Å². The molecule has 1 aromatic rings. The minimum absolute atomic E-state index is 0. The first-order chi connectivity index (χ1) is 9.31. The zero-order valence-corrected chi connectivity index (χ0v) is 11.8. The molecule has 4 nitrogen and oxygen atoms in total. The number of hydrogen-bond donors (Lipinski definition) is 0. The summed E-state index contributed by atoms with van der Waals surface area (Å²) in [6.07, 6.45) is 4.00. The summed E-state index contributed by atoms with van der Waals surface area (Å²) in [4.78, 5) is 14.5. The number of carbonyl (C=O) groups excluding carboxylic acids is 1. The summed E-state index contributed by atoms with van der Waals surface area (Å²) in [6.45, 7) is 2.29. The molecule has 0 aromatic heterocycles. The van der Waals surface area contributed by atoms with Crippen LogP contribution in [0.15, 0.2) is 23.9 Å². The van der Waals surface area contributed by atoms with Gasteiger partial charge in [0.1, 0.15) is 0 Å². The van der Waals surface area contributed by atoms with Crippen LogP contribution >= 0.6 is 12.4 Å². The first-order valence-corrected chi connectivity index (χ1v) is 6.72. The van der Waals surface area contributed by atoms with Gasteiger partial charge in [0.15, 0.2) is 17.3 Å². The summed E-state index contributed by atoms with van der Waals surface area (Å²) in [7, 11) is 0. The lowest BCUT2D eigenvalue weighted by Gasteiger charge is -2.41. The summed E-state index contributed by atoms with van der Waals surface area (Å²) < 4.78 is 10.7. The van der Waals surface area contributed by atoms with E-state index in [9.17, 15) is 4.79 Å². The van der Waals surface area contributed by atoms with Crippen LogP contribution in [0.3, 0.4) is 0 Å². The van der Waals surface area contributed by atoms with Crippen LogP contribution in [0.25, 0.3) is 6.08 Å². The SMILES string of the molecule is Cl.O=C1C(=Cc2ccc3c(c2)OCO3)N2CCC1CC2. The van der Waals surface area contributed by atoms with Gasteiger partial charge in [-0.2, -0.15) is 0 Å². The summed E-state index contributed by atoms with van der Waals surface area (Å²) in [6, 6.07) is 5.80. The smallest absolute Gasteiger partial charge is 0.231 e. The third kappa shape index (κ3) is 2.04. The van der Waals surface area contributed by atoms with E-state index in [-0.39, 0.29) is 25.1 Å². The highest BCUT2D eigenvalue weighted by molar-refractivity contribution is 6.01. The van der Waals surface area contributed by atoms with Gasteiger partial charge in [-0.25, -0.2) is 0 Å². The van der Waals surface area contributed by atoms with E-state index in [0.29, 0.717) is 5.78 Å². The zero-order valence-electron chi connectivity index (χ0n) is 11.0. The lowest BCUT2D eigenvalue weighted by Crippen LogP contribution is -2.45. The van der Waals surface area contributed by atoms with E-state index in [1.54, 1.807) is 0 Å².